The van der Waals surface area contributed by atoms with E-state index in [1.807, 2.05) is 48.5 Å². The largest absolute Gasteiger partial charge is 0.497 e. The molecule has 3 rings (SSSR count). The molecule has 0 aromatic heterocycles. The standard InChI is InChI=1S/C20H26N4O2.2ClH/c1-26-17-6-4-5-16(15-17)23-19-8-3-2-7-18(19)20(25)22-11-14-24-12-9-21-10-13-24;;/h2-8,15,21,23H,9-14H2,1H3,(H,22,25);2*1H. The number of benzene rings is 2. The van der Waals surface area contributed by atoms with Crippen LogP contribution in [0.3, 0.4) is 0 Å². The van der Waals surface area contributed by atoms with E-state index >= 15 is 0 Å². The lowest BCUT2D eigenvalue weighted by Gasteiger charge is -2.27. The fraction of sp³-hybridized carbons (Fsp3) is 0.350. The predicted molar refractivity (Wildman–Crippen MR) is 119 cm³/mol. The van der Waals surface area contributed by atoms with Crippen molar-refractivity contribution in [3.8, 4) is 5.75 Å². The first kappa shape index (κ1) is 24.0. The Kier molecular flexibility index (Phi) is 10.7. The van der Waals surface area contributed by atoms with Gasteiger partial charge >= 0.3 is 0 Å². The van der Waals surface area contributed by atoms with Crippen LogP contribution in [-0.4, -0.2) is 57.2 Å². The van der Waals surface area contributed by atoms with Crippen LogP contribution >= 0.6 is 24.8 Å². The summed E-state index contributed by atoms with van der Waals surface area (Å²) < 4.78 is 5.25. The number of halogens is 2. The number of carbonyl (C=O) groups is 1. The van der Waals surface area contributed by atoms with Crippen molar-refractivity contribution >= 4 is 42.1 Å². The third-order valence-corrected chi connectivity index (χ3v) is 4.44. The number of nitrogens with zero attached hydrogens (tertiary/aromatic N) is 1. The zero-order valence-corrected chi connectivity index (χ0v) is 17.6. The molecule has 0 bridgehead atoms. The summed E-state index contributed by atoms with van der Waals surface area (Å²) in [6.07, 6.45) is 0. The van der Waals surface area contributed by atoms with Gasteiger partial charge in [-0.05, 0) is 24.3 Å². The van der Waals surface area contributed by atoms with Crippen molar-refractivity contribution in [1.29, 1.82) is 0 Å². The molecule has 1 amide bonds. The number of carbonyl (C=O) groups excluding carboxylic acids is 1. The summed E-state index contributed by atoms with van der Waals surface area (Å²) in [5.41, 5.74) is 2.29. The van der Waals surface area contributed by atoms with E-state index in [-0.39, 0.29) is 30.7 Å². The minimum Gasteiger partial charge on any atom is -0.497 e. The molecule has 3 N–H and O–H groups in total. The molecule has 0 unspecified atom stereocenters. The highest BCUT2D eigenvalue weighted by molar-refractivity contribution is 6.00. The number of piperazine rings is 1. The van der Waals surface area contributed by atoms with E-state index in [1.54, 1.807) is 7.11 Å². The molecule has 0 spiro atoms. The highest BCUT2D eigenvalue weighted by Crippen LogP contribution is 2.23. The Bertz CT molecular complexity index is 740. The Morgan fingerprint density at radius 1 is 1.11 bits per heavy atom. The maximum absolute atomic E-state index is 12.6. The molecule has 28 heavy (non-hydrogen) atoms. The summed E-state index contributed by atoms with van der Waals surface area (Å²) >= 11 is 0. The molecule has 0 radical (unpaired) electrons. The number of anilines is 2. The summed E-state index contributed by atoms with van der Waals surface area (Å²) in [4.78, 5) is 15.0. The van der Waals surface area contributed by atoms with E-state index in [1.165, 1.54) is 0 Å². The van der Waals surface area contributed by atoms with Crippen molar-refractivity contribution in [2.75, 3.05) is 51.7 Å². The van der Waals surface area contributed by atoms with Gasteiger partial charge in [0.2, 0.25) is 0 Å². The average Bonchev–Trinajstić information content (AvgIpc) is 2.69. The molecule has 2 aromatic rings. The molecule has 6 nitrogen and oxygen atoms in total. The van der Waals surface area contributed by atoms with E-state index in [0.717, 1.165) is 49.8 Å². The molecular weight excluding hydrogens is 399 g/mol. The zero-order valence-electron chi connectivity index (χ0n) is 15.9. The first-order valence-electron chi connectivity index (χ1n) is 8.97. The van der Waals surface area contributed by atoms with E-state index < -0.39 is 0 Å². The van der Waals surface area contributed by atoms with Gasteiger partial charge < -0.3 is 20.7 Å². The van der Waals surface area contributed by atoms with Crippen LogP contribution in [0.5, 0.6) is 5.75 Å². The Labute approximate surface area is 178 Å². The average molecular weight is 427 g/mol. The van der Waals surface area contributed by atoms with Gasteiger partial charge in [-0.15, -0.1) is 24.8 Å². The number of methoxy groups -OCH3 is 1. The third kappa shape index (κ3) is 6.87. The van der Waals surface area contributed by atoms with Crippen molar-refractivity contribution in [3.63, 3.8) is 0 Å². The molecule has 2 aromatic carbocycles. The van der Waals surface area contributed by atoms with Crippen LogP contribution in [0.1, 0.15) is 10.4 Å². The number of rotatable bonds is 7. The van der Waals surface area contributed by atoms with E-state index in [2.05, 4.69) is 20.9 Å². The number of ether oxygens (including phenoxy) is 1. The normalized spacial score (nSPS) is 13.6. The highest BCUT2D eigenvalue weighted by atomic mass is 35.5. The molecule has 0 saturated carbocycles. The Morgan fingerprint density at radius 3 is 2.61 bits per heavy atom. The molecule has 154 valence electrons. The van der Waals surface area contributed by atoms with Crippen LogP contribution in [0.25, 0.3) is 0 Å². The van der Waals surface area contributed by atoms with Crippen molar-refractivity contribution in [2.24, 2.45) is 0 Å². The first-order valence-corrected chi connectivity index (χ1v) is 8.97. The second-order valence-corrected chi connectivity index (χ2v) is 6.25. The van der Waals surface area contributed by atoms with E-state index in [0.29, 0.717) is 12.1 Å². The lowest BCUT2D eigenvalue weighted by atomic mass is 10.1. The number of hydrogen-bond donors (Lipinski definition) is 3. The molecule has 1 aliphatic rings. The SMILES string of the molecule is COc1cccc(Nc2ccccc2C(=O)NCCN2CCNCC2)c1.Cl.Cl. The smallest absolute Gasteiger partial charge is 0.253 e. The van der Waals surface area contributed by atoms with Gasteiger partial charge in [0.25, 0.3) is 5.91 Å². The summed E-state index contributed by atoms with van der Waals surface area (Å²) in [6, 6.07) is 15.2. The summed E-state index contributed by atoms with van der Waals surface area (Å²) in [5.74, 6) is 0.707. The van der Waals surface area contributed by atoms with Crippen molar-refractivity contribution in [1.82, 2.24) is 15.5 Å². The van der Waals surface area contributed by atoms with Crippen LogP contribution < -0.4 is 20.7 Å². The monoisotopic (exact) mass is 426 g/mol. The van der Waals surface area contributed by atoms with Gasteiger partial charge in [-0.25, -0.2) is 0 Å². The summed E-state index contributed by atoms with van der Waals surface area (Å²) in [5, 5.41) is 9.67. The molecule has 1 fully saturated rings. The lowest BCUT2D eigenvalue weighted by Crippen LogP contribution is -2.46. The highest BCUT2D eigenvalue weighted by Gasteiger charge is 2.13. The Hall–Kier alpha value is -1.99. The quantitative estimate of drug-likeness (QED) is 0.634. The Morgan fingerprint density at radius 2 is 1.86 bits per heavy atom. The van der Waals surface area contributed by atoms with Crippen LogP contribution in [0.4, 0.5) is 11.4 Å². The summed E-state index contributed by atoms with van der Waals surface area (Å²) in [7, 11) is 1.64. The Balaban J connectivity index is 0.00000196. The molecule has 1 aliphatic heterocycles. The van der Waals surface area contributed by atoms with E-state index in [4.69, 9.17) is 4.74 Å². The van der Waals surface area contributed by atoms with Gasteiger partial charge in [-0.2, -0.15) is 0 Å². The fourth-order valence-corrected chi connectivity index (χ4v) is 3.00. The van der Waals surface area contributed by atoms with Crippen LogP contribution in [-0.2, 0) is 0 Å². The molecule has 0 aliphatic carbocycles. The second kappa shape index (κ2) is 12.5. The van der Waals surface area contributed by atoms with Crippen molar-refractivity contribution < 1.29 is 9.53 Å². The lowest BCUT2D eigenvalue weighted by molar-refractivity contribution is 0.0948. The van der Waals surface area contributed by atoms with Crippen LogP contribution in [0.15, 0.2) is 48.5 Å². The summed E-state index contributed by atoms with van der Waals surface area (Å²) in [6.45, 7) is 5.61. The van der Waals surface area contributed by atoms with E-state index in [9.17, 15) is 4.79 Å². The number of para-hydroxylation sites is 1. The molecular formula is C20H28Cl2N4O2. The first-order chi connectivity index (χ1) is 12.8. The number of nitrogens with one attached hydrogen (secondary N) is 3. The third-order valence-electron chi connectivity index (χ3n) is 4.44. The maximum Gasteiger partial charge on any atom is 0.253 e. The zero-order chi connectivity index (χ0) is 18.2. The maximum atomic E-state index is 12.6. The predicted octanol–water partition coefficient (Wildman–Crippen LogP) is 2.92. The topological polar surface area (TPSA) is 65.6 Å². The molecule has 1 heterocycles. The van der Waals surface area contributed by atoms with Crippen molar-refractivity contribution in [3.05, 3.63) is 54.1 Å². The molecule has 1 saturated heterocycles. The van der Waals surface area contributed by atoms with Gasteiger partial charge in [0, 0.05) is 51.0 Å². The molecule has 0 atom stereocenters. The minimum absolute atomic E-state index is 0. The van der Waals surface area contributed by atoms with Gasteiger partial charge in [-0.3, -0.25) is 9.69 Å². The van der Waals surface area contributed by atoms with Crippen molar-refractivity contribution in [2.45, 2.75) is 0 Å². The van der Waals surface area contributed by atoms with Crippen LogP contribution in [0.2, 0.25) is 0 Å². The van der Waals surface area contributed by atoms with Gasteiger partial charge in [-0.1, -0.05) is 18.2 Å². The van der Waals surface area contributed by atoms with Gasteiger partial charge in [0.15, 0.2) is 0 Å². The molecule has 8 heteroatoms. The number of hydrogen-bond acceptors (Lipinski definition) is 5. The van der Waals surface area contributed by atoms with Gasteiger partial charge in [0.1, 0.15) is 5.75 Å². The van der Waals surface area contributed by atoms with Crippen LogP contribution in [0, 0.1) is 0 Å². The minimum atomic E-state index is -0.0638. The number of amides is 1. The second-order valence-electron chi connectivity index (χ2n) is 6.25. The fourth-order valence-electron chi connectivity index (χ4n) is 3.00. The van der Waals surface area contributed by atoms with Gasteiger partial charge in [0.05, 0.1) is 18.4 Å².